The molecule has 2 N–H and O–H groups in total. The Bertz CT molecular complexity index is 317. The molecule has 2 heterocycles. The summed E-state index contributed by atoms with van der Waals surface area (Å²) in [5.41, 5.74) is 6.72. The zero-order valence-corrected chi connectivity index (χ0v) is 8.08. The smallest absolute Gasteiger partial charge is 0.216 e. The van der Waals surface area contributed by atoms with E-state index in [9.17, 15) is 0 Å². The number of aromatic nitrogens is 2. The predicted molar refractivity (Wildman–Crippen MR) is 49.4 cm³/mol. The van der Waals surface area contributed by atoms with Crippen LogP contribution in [0.15, 0.2) is 6.20 Å². The second-order valence-electron chi connectivity index (χ2n) is 4.29. The third kappa shape index (κ3) is 1.42. The molecular formula is C9H15N3O. The zero-order chi connectivity index (χ0) is 9.47. The van der Waals surface area contributed by atoms with E-state index in [-0.39, 0.29) is 5.41 Å². The molecule has 2 rings (SSSR count). The summed E-state index contributed by atoms with van der Waals surface area (Å²) in [7, 11) is 0. The lowest BCUT2D eigenvalue weighted by Crippen LogP contribution is -2.33. The largest absolute Gasteiger partial charge is 0.477 e. The predicted octanol–water partition coefficient (Wildman–Crippen LogP) is 0.760. The Balaban J connectivity index is 2.33. The van der Waals surface area contributed by atoms with E-state index < -0.39 is 0 Å². The molecule has 4 nitrogen and oxygen atoms in total. The highest BCUT2D eigenvalue weighted by molar-refractivity contribution is 5.25. The molecule has 0 atom stereocenters. The van der Waals surface area contributed by atoms with Crippen molar-refractivity contribution in [3.8, 4) is 5.88 Å². The minimum absolute atomic E-state index is 0.172. The highest BCUT2D eigenvalue weighted by atomic mass is 16.5. The van der Waals surface area contributed by atoms with E-state index in [0.717, 1.165) is 24.6 Å². The Morgan fingerprint density at radius 2 is 2.46 bits per heavy atom. The van der Waals surface area contributed by atoms with Crippen LogP contribution < -0.4 is 10.5 Å². The Labute approximate surface area is 77.7 Å². The molecule has 0 spiro atoms. The van der Waals surface area contributed by atoms with Gasteiger partial charge in [0.1, 0.15) is 0 Å². The Morgan fingerprint density at radius 1 is 1.69 bits per heavy atom. The molecule has 1 aromatic rings. The van der Waals surface area contributed by atoms with Crippen LogP contribution in [0.25, 0.3) is 0 Å². The lowest BCUT2D eigenvalue weighted by Gasteiger charge is -2.30. The fraction of sp³-hybridized carbons (Fsp3) is 0.667. The minimum atomic E-state index is 0.172. The van der Waals surface area contributed by atoms with Crippen molar-refractivity contribution in [3.63, 3.8) is 0 Å². The number of nitrogens with zero attached hydrogens (tertiary/aromatic N) is 2. The summed E-state index contributed by atoms with van der Waals surface area (Å²) in [5.74, 6) is 0.849. The Hall–Kier alpha value is -1.03. The number of nitrogens with two attached hydrogens (primary N) is 1. The van der Waals surface area contributed by atoms with Gasteiger partial charge in [-0.25, -0.2) is 4.68 Å². The quantitative estimate of drug-likeness (QED) is 0.696. The van der Waals surface area contributed by atoms with Crippen molar-refractivity contribution in [2.45, 2.75) is 26.9 Å². The molecule has 1 aliphatic rings. The molecule has 4 heteroatoms. The molecule has 0 unspecified atom stereocenters. The minimum Gasteiger partial charge on any atom is -0.477 e. The maximum atomic E-state index is 5.62. The molecule has 1 aromatic heterocycles. The summed E-state index contributed by atoms with van der Waals surface area (Å²) in [4.78, 5) is 0. The zero-order valence-electron chi connectivity index (χ0n) is 8.08. The van der Waals surface area contributed by atoms with E-state index in [1.807, 2.05) is 4.68 Å². The summed E-state index contributed by atoms with van der Waals surface area (Å²) < 4.78 is 7.52. The second kappa shape index (κ2) is 2.73. The van der Waals surface area contributed by atoms with Crippen molar-refractivity contribution in [2.75, 3.05) is 6.61 Å². The van der Waals surface area contributed by atoms with Gasteiger partial charge in [0.15, 0.2) is 0 Å². The van der Waals surface area contributed by atoms with Gasteiger partial charge < -0.3 is 10.5 Å². The summed E-state index contributed by atoms with van der Waals surface area (Å²) in [6.45, 7) is 6.48. The van der Waals surface area contributed by atoms with Crippen LogP contribution in [0, 0.1) is 5.41 Å². The molecule has 72 valence electrons. The first-order chi connectivity index (χ1) is 6.12. The van der Waals surface area contributed by atoms with Crippen LogP contribution in [-0.4, -0.2) is 16.4 Å². The van der Waals surface area contributed by atoms with E-state index in [1.165, 1.54) is 0 Å². The van der Waals surface area contributed by atoms with Crippen molar-refractivity contribution in [2.24, 2.45) is 11.1 Å². The van der Waals surface area contributed by atoms with E-state index in [1.54, 1.807) is 6.20 Å². The van der Waals surface area contributed by atoms with E-state index in [4.69, 9.17) is 10.5 Å². The molecule has 0 bridgehead atoms. The number of ether oxygens (including phenoxy) is 1. The molecule has 0 aliphatic carbocycles. The molecule has 13 heavy (non-hydrogen) atoms. The van der Waals surface area contributed by atoms with Gasteiger partial charge in [0, 0.05) is 17.5 Å². The summed E-state index contributed by atoms with van der Waals surface area (Å²) >= 11 is 0. The topological polar surface area (TPSA) is 53.1 Å². The number of fused-ring (bicyclic) bond motifs is 1. The van der Waals surface area contributed by atoms with Crippen LogP contribution in [0.4, 0.5) is 0 Å². The second-order valence-corrected chi connectivity index (χ2v) is 4.29. The summed E-state index contributed by atoms with van der Waals surface area (Å²) in [6.07, 6.45) is 1.79. The molecule has 0 amide bonds. The van der Waals surface area contributed by atoms with E-state index in [2.05, 4.69) is 18.9 Å². The molecular weight excluding hydrogens is 166 g/mol. The highest BCUT2D eigenvalue weighted by Crippen LogP contribution is 2.30. The van der Waals surface area contributed by atoms with Crippen molar-refractivity contribution < 1.29 is 4.74 Å². The van der Waals surface area contributed by atoms with Crippen molar-refractivity contribution in [3.05, 3.63) is 11.8 Å². The Kier molecular flexibility index (Phi) is 1.80. The Morgan fingerprint density at radius 3 is 3.15 bits per heavy atom. The van der Waals surface area contributed by atoms with Crippen LogP contribution in [0.1, 0.15) is 19.4 Å². The van der Waals surface area contributed by atoms with Crippen LogP contribution in [0.3, 0.4) is 0 Å². The lowest BCUT2D eigenvalue weighted by molar-refractivity contribution is 0.0993. The monoisotopic (exact) mass is 181 g/mol. The van der Waals surface area contributed by atoms with Gasteiger partial charge in [-0.3, -0.25) is 0 Å². The van der Waals surface area contributed by atoms with Crippen LogP contribution in [0.2, 0.25) is 0 Å². The number of rotatable bonds is 1. The normalized spacial score (nSPS) is 19.3. The van der Waals surface area contributed by atoms with Crippen molar-refractivity contribution in [1.82, 2.24) is 9.78 Å². The molecule has 0 fully saturated rings. The van der Waals surface area contributed by atoms with Crippen LogP contribution >= 0.6 is 0 Å². The average Bonchev–Trinajstić information content (AvgIpc) is 2.44. The average molecular weight is 181 g/mol. The molecule has 0 saturated heterocycles. The first kappa shape index (κ1) is 8.56. The highest BCUT2D eigenvalue weighted by Gasteiger charge is 2.28. The molecule has 0 saturated carbocycles. The maximum Gasteiger partial charge on any atom is 0.216 e. The fourth-order valence-electron chi connectivity index (χ4n) is 1.55. The van der Waals surface area contributed by atoms with Gasteiger partial charge in [0.05, 0.1) is 19.3 Å². The third-order valence-electron chi connectivity index (χ3n) is 2.26. The third-order valence-corrected chi connectivity index (χ3v) is 2.26. The molecule has 0 radical (unpaired) electrons. The van der Waals surface area contributed by atoms with Gasteiger partial charge in [0.2, 0.25) is 5.88 Å². The SMILES string of the molecule is CC1(C)COc2c(CN)cnn2C1. The summed E-state index contributed by atoms with van der Waals surface area (Å²) in [6, 6.07) is 0. The van der Waals surface area contributed by atoms with E-state index >= 15 is 0 Å². The number of hydrogen-bond acceptors (Lipinski definition) is 3. The summed E-state index contributed by atoms with van der Waals surface area (Å²) in [5, 5.41) is 4.23. The van der Waals surface area contributed by atoms with Gasteiger partial charge in [-0.15, -0.1) is 0 Å². The first-order valence-corrected chi connectivity index (χ1v) is 4.50. The van der Waals surface area contributed by atoms with Crippen LogP contribution in [-0.2, 0) is 13.1 Å². The van der Waals surface area contributed by atoms with Crippen molar-refractivity contribution in [1.29, 1.82) is 0 Å². The van der Waals surface area contributed by atoms with Crippen LogP contribution in [0.5, 0.6) is 5.88 Å². The van der Waals surface area contributed by atoms with Gasteiger partial charge in [-0.1, -0.05) is 13.8 Å². The lowest BCUT2D eigenvalue weighted by atomic mass is 9.94. The van der Waals surface area contributed by atoms with Crippen molar-refractivity contribution >= 4 is 0 Å². The first-order valence-electron chi connectivity index (χ1n) is 4.50. The maximum absolute atomic E-state index is 5.62. The van der Waals surface area contributed by atoms with E-state index in [0.29, 0.717) is 6.54 Å². The standard InChI is InChI=1S/C9H15N3O/c1-9(2)5-12-8(13-6-9)7(3-10)4-11-12/h4H,3,5-6,10H2,1-2H3. The fourth-order valence-corrected chi connectivity index (χ4v) is 1.55. The molecule has 0 aromatic carbocycles. The van der Waals surface area contributed by atoms with Gasteiger partial charge in [-0.05, 0) is 0 Å². The van der Waals surface area contributed by atoms with Gasteiger partial charge >= 0.3 is 0 Å². The number of hydrogen-bond donors (Lipinski definition) is 1. The van der Waals surface area contributed by atoms with Gasteiger partial charge in [-0.2, -0.15) is 5.10 Å². The molecule has 1 aliphatic heterocycles. The van der Waals surface area contributed by atoms with Gasteiger partial charge in [0.25, 0.3) is 0 Å².